The van der Waals surface area contributed by atoms with Crippen LogP contribution in [0.2, 0.25) is 0 Å². The van der Waals surface area contributed by atoms with Gasteiger partial charge in [-0.2, -0.15) is 4.21 Å². The molecule has 60 valence electrons. The molecule has 0 saturated heterocycles. The highest BCUT2D eigenvalue weighted by atomic mass is 32.2. The fourth-order valence-corrected chi connectivity index (χ4v) is 0.624. The molecular formula is C5H10O4S. The lowest BCUT2D eigenvalue weighted by Gasteiger charge is -2.03. The van der Waals surface area contributed by atoms with Crippen LogP contribution in [0.5, 0.6) is 0 Å². The molecule has 0 amide bonds. The van der Waals surface area contributed by atoms with E-state index >= 15 is 0 Å². The first-order chi connectivity index (χ1) is 4.57. The second-order valence-electron chi connectivity index (χ2n) is 1.93. The van der Waals surface area contributed by atoms with Gasteiger partial charge in [0, 0.05) is 0 Å². The fraction of sp³-hybridized carbons (Fsp3) is 0.800. The Kier molecular flexibility index (Phi) is 4.22. The molecule has 0 spiro atoms. The van der Waals surface area contributed by atoms with Crippen molar-refractivity contribution in [1.29, 1.82) is 0 Å². The summed E-state index contributed by atoms with van der Waals surface area (Å²) in [7, 11) is 0. The molecule has 0 aromatic rings. The molecule has 1 N–H and O–H groups in total. The van der Waals surface area contributed by atoms with Crippen LogP contribution in [0.3, 0.4) is 0 Å². The summed E-state index contributed by atoms with van der Waals surface area (Å²) in [6.45, 7) is 3.43. The molecule has 2 atom stereocenters. The lowest BCUT2D eigenvalue weighted by atomic mass is 10.1. The van der Waals surface area contributed by atoms with Crippen molar-refractivity contribution in [3.8, 4) is 0 Å². The van der Waals surface area contributed by atoms with Crippen LogP contribution in [0.1, 0.15) is 20.3 Å². The summed E-state index contributed by atoms with van der Waals surface area (Å²) in [5.41, 5.74) is 0. The van der Waals surface area contributed by atoms with Crippen molar-refractivity contribution < 1.29 is 17.7 Å². The van der Waals surface area contributed by atoms with Gasteiger partial charge in [0.1, 0.15) is 0 Å². The predicted molar refractivity (Wildman–Crippen MR) is 36.3 cm³/mol. The molecular weight excluding hydrogens is 156 g/mol. The monoisotopic (exact) mass is 166 g/mol. The Labute approximate surface area is 62.1 Å². The second kappa shape index (κ2) is 4.40. The van der Waals surface area contributed by atoms with E-state index in [1.54, 1.807) is 13.8 Å². The molecule has 0 heterocycles. The van der Waals surface area contributed by atoms with Crippen molar-refractivity contribution in [3.63, 3.8) is 0 Å². The van der Waals surface area contributed by atoms with Gasteiger partial charge >= 0.3 is 17.3 Å². The zero-order valence-electron chi connectivity index (χ0n) is 5.86. The first-order valence-electron chi connectivity index (χ1n) is 2.91. The number of carbonyl (C=O) groups excluding carboxylic acids is 1. The molecule has 0 aromatic carbocycles. The van der Waals surface area contributed by atoms with Gasteiger partial charge in [0.25, 0.3) is 0 Å². The maximum Gasteiger partial charge on any atom is 0.360 e. The summed E-state index contributed by atoms with van der Waals surface area (Å²) >= 11 is -2.47. The summed E-state index contributed by atoms with van der Waals surface area (Å²) < 4.78 is 22.0. The maximum absolute atomic E-state index is 10.6. The SMILES string of the molecule is CCC(C)C(=O)OS(=O)O. The second-order valence-corrected chi connectivity index (χ2v) is 2.53. The average molecular weight is 166 g/mol. The normalized spacial score (nSPS) is 15.9. The Hall–Kier alpha value is -0.420. The topological polar surface area (TPSA) is 63.6 Å². The van der Waals surface area contributed by atoms with Gasteiger partial charge in [-0.1, -0.05) is 13.8 Å². The molecule has 0 aliphatic heterocycles. The predicted octanol–water partition coefficient (Wildman–Crippen LogP) is 0.712. The van der Waals surface area contributed by atoms with E-state index in [2.05, 4.69) is 4.18 Å². The van der Waals surface area contributed by atoms with Gasteiger partial charge in [-0.05, 0) is 6.42 Å². The Balaban J connectivity index is 3.73. The first kappa shape index (κ1) is 9.58. The van der Waals surface area contributed by atoms with Gasteiger partial charge < -0.3 is 4.18 Å². The summed E-state index contributed by atoms with van der Waals surface area (Å²) in [5.74, 6) is -0.945. The van der Waals surface area contributed by atoms with E-state index in [9.17, 15) is 9.00 Å². The van der Waals surface area contributed by atoms with Crippen molar-refractivity contribution in [1.82, 2.24) is 0 Å². The highest BCUT2D eigenvalue weighted by molar-refractivity contribution is 7.74. The van der Waals surface area contributed by atoms with Crippen molar-refractivity contribution in [2.24, 2.45) is 5.92 Å². The van der Waals surface area contributed by atoms with Crippen LogP contribution in [0.15, 0.2) is 0 Å². The van der Waals surface area contributed by atoms with Crippen molar-refractivity contribution in [2.75, 3.05) is 0 Å². The van der Waals surface area contributed by atoms with Gasteiger partial charge in [0.15, 0.2) is 0 Å². The van der Waals surface area contributed by atoms with Crippen molar-refractivity contribution >= 4 is 17.3 Å². The summed E-state index contributed by atoms with van der Waals surface area (Å²) in [4.78, 5) is 10.6. The number of hydrogen-bond donors (Lipinski definition) is 1. The largest absolute Gasteiger partial charge is 0.360 e. The molecule has 5 heteroatoms. The van der Waals surface area contributed by atoms with Gasteiger partial charge in [0.2, 0.25) is 0 Å². The van der Waals surface area contributed by atoms with Crippen molar-refractivity contribution in [2.45, 2.75) is 20.3 Å². The zero-order valence-corrected chi connectivity index (χ0v) is 6.68. The van der Waals surface area contributed by atoms with E-state index in [0.717, 1.165) is 0 Å². The molecule has 0 radical (unpaired) electrons. The Morgan fingerprint density at radius 3 is 2.60 bits per heavy atom. The van der Waals surface area contributed by atoms with Crippen molar-refractivity contribution in [3.05, 3.63) is 0 Å². The fourth-order valence-electron chi connectivity index (χ4n) is 0.319. The Morgan fingerprint density at radius 1 is 1.80 bits per heavy atom. The average Bonchev–Trinajstić information content (AvgIpc) is 1.85. The van der Waals surface area contributed by atoms with Crippen LogP contribution in [0.4, 0.5) is 0 Å². The van der Waals surface area contributed by atoms with Gasteiger partial charge in [-0.25, -0.2) is 0 Å². The van der Waals surface area contributed by atoms with Gasteiger partial charge in [-0.15, -0.1) is 0 Å². The summed E-state index contributed by atoms with van der Waals surface area (Å²) in [6, 6.07) is 0. The quantitative estimate of drug-likeness (QED) is 0.627. The number of rotatable bonds is 3. The minimum atomic E-state index is -2.47. The molecule has 4 nitrogen and oxygen atoms in total. The van der Waals surface area contributed by atoms with Crippen LogP contribution in [-0.2, 0) is 20.3 Å². The molecule has 0 aliphatic carbocycles. The van der Waals surface area contributed by atoms with Gasteiger partial charge in [0.05, 0.1) is 5.92 Å². The maximum atomic E-state index is 10.6. The Bertz CT molecular complexity index is 145. The molecule has 0 aromatic heterocycles. The molecule has 0 aliphatic rings. The first-order valence-corrected chi connectivity index (χ1v) is 3.94. The summed E-state index contributed by atoms with van der Waals surface area (Å²) in [6.07, 6.45) is 0.607. The lowest BCUT2D eigenvalue weighted by Crippen LogP contribution is -2.14. The third-order valence-electron chi connectivity index (χ3n) is 1.17. The van der Waals surface area contributed by atoms with E-state index in [0.29, 0.717) is 6.42 Å². The molecule has 10 heavy (non-hydrogen) atoms. The highest BCUT2D eigenvalue weighted by Crippen LogP contribution is 2.03. The van der Waals surface area contributed by atoms with Crippen LogP contribution >= 0.6 is 0 Å². The zero-order chi connectivity index (χ0) is 8.15. The molecule has 2 unspecified atom stereocenters. The van der Waals surface area contributed by atoms with E-state index in [1.807, 2.05) is 0 Å². The third kappa shape index (κ3) is 3.58. The molecule has 0 rings (SSSR count). The highest BCUT2D eigenvalue weighted by Gasteiger charge is 2.13. The number of hydrogen-bond acceptors (Lipinski definition) is 3. The van der Waals surface area contributed by atoms with E-state index in [4.69, 9.17) is 4.55 Å². The molecule has 0 bridgehead atoms. The summed E-state index contributed by atoms with van der Waals surface area (Å²) in [5, 5.41) is 0. The lowest BCUT2D eigenvalue weighted by molar-refractivity contribution is -0.137. The minimum absolute atomic E-state index is 0.309. The van der Waals surface area contributed by atoms with E-state index in [1.165, 1.54) is 0 Å². The third-order valence-corrected chi connectivity index (χ3v) is 1.48. The van der Waals surface area contributed by atoms with Crippen LogP contribution in [-0.4, -0.2) is 14.7 Å². The van der Waals surface area contributed by atoms with Crippen LogP contribution < -0.4 is 0 Å². The molecule has 0 saturated carbocycles. The minimum Gasteiger partial charge on any atom is -0.343 e. The van der Waals surface area contributed by atoms with Crippen LogP contribution in [0.25, 0.3) is 0 Å². The van der Waals surface area contributed by atoms with E-state index < -0.39 is 17.3 Å². The Morgan fingerprint density at radius 2 is 2.30 bits per heavy atom. The van der Waals surface area contributed by atoms with Crippen LogP contribution in [0, 0.1) is 5.92 Å². The standard InChI is InChI=1S/C5H10O4S/c1-3-4(2)5(6)9-10(7)8/h4H,3H2,1-2H3,(H,7,8). The number of carbonyl (C=O) groups is 1. The smallest absolute Gasteiger partial charge is 0.343 e. The van der Waals surface area contributed by atoms with E-state index in [-0.39, 0.29) is 5.92 Å². The van der Waals surface area contributed by atoms with Gasteiger partial charge in [-0.3, -0.25) is 9.35 Å². The molecule has 0 fully saturated rings.